The van der Waals surface area contributed by atoms with Crippen LogP contribution < -0.4 is 10.6 Å². The smallest absolute Gasteiger partial charge is 0.319 e. The number of urea groups is 1. The molecule has 2 rings (SSSR count). The van der Waals surface area contributed by atoms with Gasteiger partial charge in [0, 0.05) is 12.6 Å². The van der Waals surface area contributed by atoms with E-state index in [1.807, 2.05) is 0 Å². The van der Waals surface area contributed by atoms with Gasteiger partial charge in [-0.1, -0.05) is 25.0 Å². The summed E-state index contributed by atoms with van der Waals surface area (Å²) in [6, 6.07) is 5.72. The molecule has 0 heterocycles. The van der Waals surface area contributed by atoms with Crippen LogP contribution >= 0.6 is 0 Å². The van der Waals surface area contributed by atoms with Crippen molar-refractivity contribution in [2.75, 3.05) is 11.9 Å². The third kappa shape index (κ3) is 3.67. The molecule has 0 aromatic heterocycles. The number of nitro groups is 1. The Balaban J connectivity index is 1.89. The molecule has 0 radical (unpaired) electrons. The average molecular weight is 263 g/mol. The summed E-state index contributed by atoms with van der Waals surface area (Å²) in [6.07, 6.45) is 4.73. The van der Waals surface area contributed by atoms with Gasteiger partial charge in [-0.15, -0.1) is 0 Å². The summed E-state index contributed by atoms with van der Waals surface area (Å²) < 4.78 is 0. The fraction of sp³-hybridized carbons (Fsp3) is 0.462. The Bertz CT molecular complexity index is 470. The van der Waals surface area contributed by atoms with Gasteiger partial charge in [-0.05, 0) is 24.8 Å². The van der Waals surface area contributed by atoms with Crippen LogP contribution in [0.15, 0.2) is 24.3 Å². The molecule has 2 N–H and O–H groups in total. The predicted octanol–water partition coefficient (Wildman–Crippen LogP) is 2.91. The molecule has 6 nitrogen and oxygen atoms in total. The number of hydrogen-bond acceptors (Lipinski definition) is 3. The average Bonchev–Trinajstić information content (AvgIpc) is 2.90. The van der Waals surface area contributed by atoms with Crippen molar-refractivity contribution in [3.8, 4) is 0 Å². The Kier molecular flexibility index (Phi) is 4.33. The molecule has 0 spiro atoms. The van der Waals surface area contributed by atoms with Crippen molar-refractivity contribution >= 4 is 17.4 Å². The summed E-state index contributed by atoms with van der Waals surface area (Å²) in [6.45, 7) is 0.631. The molecule has 1 aromatic carbocycles. The first-order chi connectivity index (χ1) is 9.16. The second-order valence-corrected chi connectivity index (χ2v) is 4.76. The molecule has 1 aromatic rings. The van der Waals surface area contributed by atoms with Gasteiger partial charge in [-0.25, -0.2) is 4.79 Å². The van der Waals surface area contributed by atoms with E-state index in [-0.39, 0.29) is 17.4 Å². The maximum Gasteiger partial charge on any atom is 0.319 e. The van der Waals surface area contributed by atoms with Crippen LogP contribution in [0.5, 0.6) is 0 Å². The van der Waals surface area contributed by atoms with Gasteiger partial charge in [-0.2, -0.15) is 0 Å². The van der Waals surface area contributed by atoms with Crippen molar-refractivity contribution in [1.82, 2.24) is 5.32 Å². The lowest BCUT2D eigenvalue weighted by Gasteiger charge is -2.11. The van der Waals surface area contributed by atoms with Crippen molar-refractivity contribution in [1.29, 1.82) is 0 Å². The van der Waals surface area contributed by atoms with E-state index in [1.54, 1.807) is 12.1 Å². The lowest BCUT2D eigenvalue weighted by atomic mass is 10.1. The van der Waals surface area contributed by atoms with E-state index in [9.17, 15) is 14.9 Å². The molecule has 1 aliphatic carbocycles. The highest BCUT2D eigenvalue weighted by Crippen LogP contribution is 2.24. The number of nitrogens with zero attached hydrogens (tertiary/aromatic N) is 1. The molecule has 2 amide bonds. The molecule has 0 atom stereocenters. The molecule has 6 heteroatoms. The van der Waals surface area contributed by atoms with Crippen LogP contribution in [0.3, 0.4) is 0 Å². The highest BCUT2D eigenvalue weighted by atomic mass is 16.6. The summed E-state index contributed by atoms with van der Waals surface area (Å²) in [7, 11) is 0. The van der Waals surface area contributed by atoms with Crippen molar-refractivity contribution < 1.29 is 9.72 Å². The fourth-order valence-corrected chi connectivity index (χ4v) is 2.36. The minimum atomic E-state index is -0.507. The predicted molar refractivity (Wildman–Crippen MR) is 72.1 cm³/mol. The molecular weight excluding hydrogens is 246 g/mol. The van der Waals surface area contributed by atoms with E-state index < -0.39 is 4.92 Å². The van der Waals surface area contributed by atoms with E-state index in [4.69, 9.17) is 0 Å². The maximum absolute atomic E-state index is 11.7. The van der Waals surface area contributed by atoms with Gasteiger partial charge >= 0.3 is 6.03 Å². The van der Waals surface area contributed by atoms with Crippen LogP contribution in [0, 0.1) is 16.0 Å². The fourth-order valence-electron chi connectivity index (χ4n) is 2.36. The van der Waals surface area contributed by atoms with Crippen LogP contribution in [-0.2, 0) is 0 Å². The molecule has 0 unspecified atom stereocenters. The zero-order valence-electron chi connectivity index (χ0n) is 10.6. The molecule has 1 aliphatic rings. The Hall–Kier alpha value is -2.11. The monoisotopic (exact) mass is 263 g/mol. The quantitative estimate of drug-likeness (QED) is 0.647. The number of rotatable bonds is 4. The summed E-state index contributed by atoms with van der Waals surface area (Å²) in [4.78, 5) is 22.0. The lowest BCUT2D eigenvalue weighted by molar-refractivity contribution is -0.383. The van der Waals surface area contributed by atoms with Gasteiger partial charge in [0.1, 0.15) is 5.69 Å². The van der Waals surface area contributed by atoms with Crippen LogP contribution in [0.4, 0.5) is 16.2 Å². The number of nitro benzene ring substituents is 1. The third-order valence-corrected chi connectivity index (χ3v) is 3.37. The van der Waals surface area contributed by atoms with Gasteiger partial charge in [0.25, 0.3) is 5.69 Å². The number of carbonyl (C=O) groups excluding carboxylic acids is 1. The molecule has 102 valence electrons. The van der Waals surface area contributed by atoms with Crippen LogP contribution in [0.1, 0.15) is 25.7 Å². The summed E-state index contributed by atoms with van der Waals surface area (Å²) in [5, 5.41) is 16.1. The van der Waals surface area contributed by atoms with Gasteiger partial charge < -0.3 is 10.6 Å². The first-order valence-corrected chi connectivity index (χ1v) is 6.45. The molecule has 0 aliphatic heterocycles. The second kappa shape index (κ2) is 6.17. The number of amides is 2. The van der Waals surface area contributed by atoms with Crippen LogP contribution in [-0.4, -0.2) is 17.5 Å². The molecular formula is C13H17N3O3. The number of carbonyl (C=O) groups is 1. The van der Waals surface area contributed by atoms with Crippen LogP contribution in [0.2, 0.25) is 0 Å². The molecule has 0 saturated heterocycles. The number of benzene rings is 1. The van der Waals surface area contributed by atoms with Crippen LogP contribution in [0.25, 0.3) is 0 Å². The first kappa shape index (κ1) is 13.3. The number of para-hydroxylation sites is 2. The third-order valence-electron chi connectivity index (χ3n) is 3.37. The minimum absolute atomic E-state index is 0.0986. The van der Waals surface area contributed by atoms with Gasteiger partial charge in [0.15, 0.2) is 0 Å². The molecule has 0 bridgehead atoms. The van der Waals surface area contributed by atoms with Gasteiger partial charge in [0.05, 0.1) is 4.92 Å². The van der Waals surface area contributed by atoms with E-state index >= 15 is 0 Å². The topological polar surface area (TPSA) is 84.3 Å². The Morgan fingerprint density at radius 2 is 2.00 bits per heavy atom. The van der Waals surface area contributed by atoms with Crippen molar-refractivity contribution in [2.24, 2.45) is 5.92 Å². The van der Waals surface area contributed by atoms with Crippen molar-refractivity contribution in [3.63, 3.8) is 0 Å². The van der Waals surface area contributed by atoms with Crippen molar-refractivity contribution in [2.45, 2.75) is 25.7 Å². The molecule has 1 fully saturated rings. The van der Waals surface area contributed by atoms with E-state index in [0.29, 0.717) is 12.5 Å². The summed E-state index contributed by atoms with van der Waals surface area (Å²) >= 11 is 0. The molecule has 19 heavy (non-hydrogen) atoms. The SMILES string of the molecule is O=C(NCC1CCCC1)Nc1ccccc1[N+](=O)[O-]. The van der Waals surface area contributed by atoms with Gasteiger partial charge in [-0.3, -0.25) is 10.1 Å². The highest BCUT2D eigenvalue weighted by Gasteiger charge is 2.17. The highest BCUT2D eigenvalue weighted by molar-refractivity contribution is 5.91. The van der Waals surface area contributed by atoms with E-state index in [0.717, 1.165) is 12.8 Å². The van der Waals surface area contributed by atoms with Gasteiger partial charge in [0.2, 0.25) is 0 Å². The first-order valence-electron chi connectivity index (χ1n) is 6.45. The summed E-state index contributed by atoms with van der Waals surface area (Å²) in [5.41, 5.74) is 0.120. The van der Waals surface area contributed by atoms with E-state index in [1.165, 1.54) is 25.0 Å². The number of hydrogen-bond donors (Lipinski definition) is 2. The Morgan fingerprint density at radius 1 is 1.32 bits per heavy atom. The zero-order valence-corrected chi connectivity index (χ0v) is 10.6. The number of nitrogens with one attached hydrogen (secondary N) is 2. The van der Waals surface area contributed by atoms with Crippen molar-refractivity contribution in [3.05, 3.63) is 34.4 Å². The summed E-state index contributed by atoms with van der Waals surface area (Å²) in [5.74, 6) is 0.538. The Morgan fingerprint density at radius 3 is 2.68 bits per heavy atom. The molecule has 1 saturated carbocycles. The largest absolute Gasteiger partial charge is 0.338 e. The lowest BCUT2D eigenvalue weighted by Crippen LogP contribution is -2.32. The Labute approximate surface area is 111 Å². The standard InChI is InChI=1S/C13H17N3O3/c17-13(14-9-10-5-1-2-6-10)15-11-7-3-4-8-12(11)16(18)19/h3-4,7-8,10H,1-2,5-6,9H2,(H2,14,15,17). The minimum Gasteiger partial charge on any atom is -0.338 e. The maximum atomic E-state index is 11.7. The van der Waals surface area contributed by atoms with E-state index in [2.05, 4.69) is 10.6 Å². The normalized spacial score (nSPS) is 15.2. The zero-order chi connectivity index (χ0) is 13.7. The second-order valence-electron chi connectivity index (χ2n) is 4.76. The number of anilines is 1.